The van der Waals surface area contributed by atoms with Crippen LogP contribution in [0, 0.1) is 12.8 Å². The minimum absolute atomic E-state index is 0.0583. The number of aryl methyl sites for hydroxylation is 1. The number of hydrogen-bond acceptors (Lipinski definition) is 8. The van der Waals surface area contributed by atoms with Crippen LogP contribution in [0.3, 0.4) is 0 Å². The van der Waals surface area contributed by atoms with Crippen molar-refractivity contribution >= 4 is 22.7 Å². The van der Waals surface area contributed by atoms with Gasteiger partial charge in [0.2, 0.25) is 0 Å². The van der Waals surface area contributed by atoms with Gasteiger partial charge in [0, 0.05) is 17.5 Å². The molecule has 0 bridgehead atoms. The number of ketones is 1. The van der Waals surface area contributed by atoms with E-state index in [1.54, 1.807) is 25.1 Å². The van der Waals surface area contributed by atoms with Gasteiger partial charge in [0.1, 0.15) is 16.9 Å². The first kappa shape index (κ1) is 23.4. The number of esters is 1. The van der Waals surface area contributed by atoms with Crippen molar-refractivity contribution in [3.05, 3.63) is 56.9 Å². The molecule has 0 spiro atoms. The van der Waals surface area contributed by atoms with Gasteiger partial charge in [-0.2, -0.15) is 0 Å². The van der Waals surface area contributed by atoms with Crippen LogP contribution in [-0.4, -0.2) is 30.6 Å². The van der Waals surface area contributed by atoms with E-state index in [4.69, 9.17) is 18.6 Å². The van der Waals surface area contributed by atoms with Gasteiger partial charge in [-0.05, 0) is 43.0 Å². The SMILES string of the molecule is COc1cc([C@@H]2CC(=O)Oc3c(C(C)=O)c(O)c4c(C)cc(=O)oc4c32)ccc1OCC(C)C. The number of ether oxygens (including phenoxy) is 3. The molecular formula is C26H26O8. The molecule has 1 aromatic heterocycles. The molecule has 1 aliphatic heterocycles. The molecule has 2 aromatic carbocycles. The molecule has 1 atom stereocenters. The molecule has 0 saturated carbocycles. The van der Waals surface area contributed by atoms with E-state index in [0.717, 1.165) is 0 Å². The number of methoxy groups -OCH3 is 1. The molecule has 1 N–H and O–H groups in total. The van der Waals surface area contributed by atoms with Gasteiger partial charge in [-0.1, -0.05) is 19.9 Å². The highest BCUT2D eigenvalue weighted by Crippen LogP contribution is 2.50. The van der Waals surface area contributed by atoms with E-state index in [2.05, 4.69) is 0 Å². The molecule has 0 radical (unpaired) electrons. The first-order valence-electron chi connectivity index (χ1n) is 11.0. The fraction of sp³-hybridized carbons (Fsp3) is 0.346. The lowest BCUT2D eigenvalue weighted by molar-refractivity contribution is -0.135. The molecule has 4 rings (SSSR count). The number of Topliss-reactive ketones (excluding diaryl/α,β-unsaturated/α-hetero) is 1. The summed E-state index contributed by atoms with van der Waals surface area (Å²) in [6.45, 7) is 7.49. The van der Waals surface area contributed by atoms with Crippen LogP contribution < -0.4 is 19.8 Å². The number of aromatic hydroxyl groups is 1. The summed E-state index contributed by atoms with van der Waals surface area (Å²) in [5.41, 5.74) is 0.821. The molecule has 2 heterocycles. The second-order valence-electron chi connectivity index (χ2n) is 8.82. The quantitative estimate of drug-likeness (QED) is 0.245. The maximum absolute atomic E-state index is 12.6. The van der Waals surface area contributed by atoms with Crippen molar-refractivity contribution in [1.29, 1.82) is 0 Å². The Morgan fingerprint density at radius 1 is 1.21 bits per heavy atom. The number of rotatable bonds is 6. The fourth-order valence-corrected chi connectivity index (χ4v) is 4.30. The number of hydrogen-bond donors (Lipinski definition) is 1. The minimum Gasteiger partial charge on any atom is -0.506 e. The average Bonchev–Trinajstić information content (AvgIpc) is 2.76. The zero-order valence-corrected chi connectivity index (χ0v) is 19.7. The van der Waals surface area contributed by atoms with Crippen LogP contribution in [0.1, 0.15) is 60.2 Å². The van der Waals surface area contributed by atoms with E-state index in [9.17, 15) is 19.5 Å². The van der Waals surface area contributed by atoms with E-state index in [0.29, 0.717) is 40.7 Å². The standard InChI is InChI=1S/C26H26O8/c1-12(2)11-32-17-7-6-15(9-18(17)31-5)16-10-20(29)34-26-22(14(4)27)24(30)21-13(3)8-19(28)33-25(21)23(16)26/h6-9,12,16,30H,10-11H2,1-5H3/t16-/m0/s1. The molecule has 0 unspecified atom stereocenters. The molecule has 1 aliphatic rings. The van der Waals surface area contributed by atoms with Crippen molar-refractivity contribution in [1.82, 2.24) is 0 Å². The van der Waals surface area contributed by atoms with Crippen molar-refractivity contribution in [3.63, 3.8) is 0 Å². The van der Waals surface area contributed by atoms with Crippen LogP contribution in [0.25, 0.3) is 11.0 Å². The van der Waals surface area contributed by atoms with Crippen LogP contribution in [0.2, 0.25) is 0 Å². The fourth-order valence-electron chi connectivity index (χ4n) is 4.30. The van der Waals surface area contributed by atoms with Crippen LogP contribution in [0.15, 0.2) is 33.5 Å². The Labute approximate surface area is 196 Å². The largest absolute Gasteiger partial charge is 0.506 e. The van der Waals surface area contributed by atoms with Crippen LogP contribution >= 0.6 is 0 Å². The maximum Gasteiger partial charge on any atom is 0.336 e. The predicted octanol–water partition coefficient (Wildman–Crippen LogP) is 4.49. The highest BCUT2D eigenvalue weighted by molar-refractivity contribution is 6.09. The second-order valence-corrected chi connectivity index (χ2v) is 8.82. The zero-order valence-electron chi connectivity index (χ0n) is 19.7. The van der Waals surface area contributed by atoms with E-state index in [1.807, 2.05) is 13.8 Å². The lowest BCUT2D eigenvalue weighted by atomic mass is 9.82. The molecule has 8 nitrogen and oxygen atoms in total. The summed E-state index contributed by atoms with van der Waals surface area (Å²) < 4.78 is 22.3. The Kier molecular flexibility index (Phi) is 6.08. The van der Waals surface area contributed by atoms with Gasteiger partial charge in [-0.3, -0.25) is 9.59 Å². The molecule has 0 aliphatic carbocycles. The summed E-state index contributed by atoms with van der Waals surface area (Å²) in [4.78, 5) is 37.3. The molecule has 8 heteroatoms. The second kappa shape index (κ2) is 8.85. The number of phenolic OH excluding ortho intramolecular Hbond substituents is 1. The first-order valence-corrected chi connectivity index (χ1v) is 11.0. The van der Waals surface area contributed by atoms with Gasteiger partial charge in [-0.15, -0.1) is 0 Å². The van der Waals surface area contributed by atoms with Crippen molar-refractivity contribution in [3.8, 4) is 23.0 Å². The number of carbonyl (C=O) groups excluding carboxylic acids is 2. The smallest absolute Gasteiger partial charge is 0.336 e. The van der Waals surface area contributed by atoms with E-state index < -0.39 is 23.3 Å². The number of phenols is 1. The summed E-state index contributed by atoms with van der Waals surface area (Å²) in [7, 11) is 1.52. The Morgan fingerprint density at radius 3 is 2.59 bits per heavy atom. The lowest BCUT2D eigenvalue weighted by Crippen LogP contribution is -2.24. The van der Waals surface area contributed by atoms with E-state index in [1.165, 1.54) is 20.1 Å². The highest BCUT2D eigenvalue weighted by atomic mass is 16.5. The van der Waals surface area contributed by atoms with Crippen LogP contribution in [0.4, 0.5) is 0 Å². The molecule has 0 fully saturated rings. The van der Waals surface area contributed by atoms with Crippen molar-refractivity contribution in [2.45, 2.75) is 40.0 Å². The summed E-state index contributed by atoms with van der Waals surface area (Å²) in [6, 6.07) is 6.55. The molecule has 0 amide bonds. The zero-order chi connectivity index (χ0) is 24.7. The van der Waals surface area contributed by atoms with E-state index >= 15 is 0 Å². The number of fused-ring (bicyclic) bond motifs is 3. The lowest BCUT2D eigenvalue weighted by Gasteiger charge is -2.28. The van der Waals surface area contributed by atoms with Crippen LogP contribution in [0.5, 0.6) is 23.0 Å². The van der Waals surface area contributed by atoms with Crippen molar-refractivity contribution in [2.24, 2.45) is 5.92 Å². The van der Waals surface area contributed by atoms with Gasteiger partial charge >= 0.3 is 11.6 Å². The van der Waals surface area contributed by atoms with Crippen molar-refractivity contribution in [2.75, 3.05) is 13.7 Å². The van der Waals surface area contributed by atoms with Gasteiger partial charge < -0.3 is 23.7 Å². The third-order valence-electron chi connectivity index (χ3n) is 5.80. The molecule has 3 aromatic rings. The van der Waals surface area contributed by atoms with Gasteiger partial charge in [-0.25, -0.2) is 4.79 Å². The topological polar surface area (TPSA) is 112 Å². The summed E-state index contributed by atoms with van der Waals surface area (Å²) in [6.07, 6.45) is -0.0583. The summed E-state index contributed by atoms with van der Waals surface area (Å²) in [5, 5.41) is 11.1. The Balaban J connectivity index is 2.00. The molecule has 178 valence electrons. The third kappa shape index (κ3) is 4.00. The van der Waals surface area contributed by atoms with Crippen molar-refractivity contribution < 1.29 is 33.3 Å². The Hall–Kier alpha value is -3.81. The molecular weight excluding hydrogens is 440 g/mol. The predicted molar refractivity (Wildman–Crippen MR) is 124 cm³/mol. The maximum atomic E-state index is 12.6. The average molecular weight is 466 g/mol. The third-order valence-corrected chi connectivity index (χ3v) is 5.80. The summed E-state index contributed by atoms with van der Waals surface area (Å²) >= 11 is 0. The first-order chi connectivity index (χ1) is 16.1. The monoisotopic (exact) mass is 466 g/mol. The normalized spacial score (nSPS) is 15.2. The van der Waals surface area contributed by atoms with E-state index in [-0.39, 0.29) is 34.5 Å². The summed E-state index contributed by atoms with van der Waals surface area (Å²) in [5.74, 6) is -0.794. The number of benzene rings is 2. The molecule has 34 heavy (non-hydrogen) atoms. The highest BCUT2D eigenvalue weighted by Gasteiger charge is 2.37. The Bertz CT molecular complexity index is 1370. The van der Waals surface area contributed by atoms with Gasteiger partial charge in [0.25, 0.3) is 0 Å². The van der Waals surface area contributed by atoms with Gasteiger partial charge in [0.15, 0.2) is 23.0 Å². The van der Waals surface area contributed by atoms with Crippen LogP contribution in [-0.2, 0) is 4.79 Å². The molecule has 0 saturated heterocycles. The Morgan fingerprint density at radius 2 is 1.94 bits per heavy atom. The minimum atomic E-state index is -0.618. The number of carbonyl (C=O) groups is 2. The van der Waals surface area contributed by atoms with Gasteiger partial charge in [0.05, 0.1) is 25.5 Å².